The molecule has 0 aliphatic rings. The molecule has 0 aliphatic heterocycles. The van der Waals surface area contributed by atoms with Crippen molar-refractivity contribution in [2.75, 3.05) is 33.5 Å². The van der Waals surface area contributed by atoms with Gasteiger partial charge in [-0.2, -0.15) is 0 Å². The van der Waals surface area contributed by atoms with Crippen molar-refractivity contribution >= 4 is 10.0 Å². The smallest absolute Gasteiger partial charge is 0.240 e. The average Bonchev–Trinajstić information content (AvgIpc) is 2.45. The van der Waals surface area contributed by atoms with Crippen LogP contribution in [0.3, 0.4) is 0 Å². The molecule has 0 atom stereocenters. The molecule has 0 unspecified atom stereocenters. The molecule has 0 radical (unpaired) electrons. The van der Waals surface area contributed by atoms with E-state index in [1.807, 2.05) is 6.92 Å². The maximum atomic E-state index is 12.3. The Bertz CT molecular complexity index is 557. The maximum Gasteiger partial charge on any atom is 0.240 e. The molecule has 0 aromatic heterocycles. The van der Waals surface area contributed by atoms with Crippen LogP contribution in [0.15, 0.2) is 17.0 Å². The lowest BCUT2D eigenvalue weighted by atomic mass is 10.1. The standard InChI is InChI=1S/C14H23NO5S/c1-11-8-13(10-16)9-14(12(11)2)21(17,18)15-4-5-20-7-6-19-3/h8-9,15-16H,4-7,10H2,1-3H3. The highest BCUT2D eigenvalue weighted by atomic mass is 32.2. The molecular formula is C14H23NO5S. The molecule has 0 fully saturated rings. The molecule has 6 nitrogen and oxygen atoms in total. The van der Waals surface area contributed by atoms with Crippen molar-refractivity contribution < 1.29 is 23.0 Å². The minimum absolute atomic E-state index is 0.188. The first-order chi connectivity index (χ1) is 9.92. The van der Waals surface area contributed by atoms with Crippen LogP contribution >= 0.6 is 0 Å². The molecule has 0 saturated carbocycles. The van der Waals surface area contributed by atoms with Gasteiger partial charge in [0.25, 0.3) is 0 Å². The van der Waals surface area contributed by atoms with Gasteiger partial charge in [0, 0.05) is 13.7 Å². The van der Waals surface area contributed by atoms with Gasteiger partial charge in [0.1, 0.15) is 0 Å². The Morgan fingerprint density at radius 1 is 1.19 bits per heavy atom. The highest BCUT2D eigenvalue weighted by Gasteiger charge is 2.18. The van der Waals surface area contributed by atoms with Gasteiger partial charge in [-0.25, -0.2) is 13.1 Å². The second-order valence-corrected chi connectivity index (χ2v) is 6.43. The minimum Gasteiger partial charge on any atom is -0.392 e. The summed E-state index contributed by atoms with van der Waals surface area (Å²) in [6.45, 7) is 4.75. The van der Waals surface area contributed by atoms with Crippen molar-refractivity contribution in [2.45, 2.75) is 25.3 Å². The van der Waals surface area contributed by atoms with Crippen LogP contribution in [0.5, 0.6) is 0 Å². The van der Waals surface area contributed by atoms with E-state index in [4.69, 9.17) is 9.47 Å². The Hall–Kier alpha value is -0.990. The third kappa shape index (κ3) is 5.37. The number of hydrogen-bond acceptors (Lipinski definition) is 5. The first-order valence-electron chi connectivity index (χ1n) is 6.69. The monoisotopic (exact) mass is 317 g/mol. The molecule has 120 valence electrons. The van der Waals surface area contributed by atoms with Crippen molar-refractivity contribution in [3.05, 3.63) is 28.8 Å². The van der Waals surface area contributed by atoms with Gasteiger partial charge in [0.05, 0.1) is 31.3 Å². The predicted molar refractivity (Wildman–Crippen MR) is 79.7 cm³/mol. The molecule has 2 N–H and O–H groups in total. The summed E-state index contributed by atoms with van der Waals surface area (Å²) in [6, 6.07) is 3.28. The van der Waals surface area contributed by atoms with Crippen LogP contribution in [-0.2, 0) is 26.1 Å². The molecule has 0 amide bonds. The number of hydrogen-bond donors (Lipinski definition) is 2. The first-order valence-corrected chi connectivity index (χ1v) is 8.18. The number of aliphatic hydroxyl groups excluding tert-OH is 1. The van der Waals surface area contributed by atoms with Crippen molar-refractivity contribution in [1.82, 2.24) is 4.72 Å². The van der Waals surface area contributed by atoms with Gasteiger partial charge in [-0.3, -0.25) is 0 Å². The highest BCUT2D eigenvalue weighted by Crippen LogP contribution is 2.21. The van der Waals surface area contributed by atoms with E-state index < -0.39 is 10.0 Å². The van der Waals surface area contributed by atoms with E-state index >= 15 is 0 Å². The third-order valence-electron chi connectivity index (χ3n) is 3.12. The molecular weight excluding hydrogens is 294 g/mol. The zero-order valence-electron chi connectivity index (χ0n) is 12.7. The Morgan fingerprint density at radius 2 is 1.90 bits per heavy atom. The summed E-state index contributed by atoms with van der Waals surface area (Å²) >= 11 is 0. The predicted octanol–water partition coefficient (Wildman–Crippen LogP) is 0.737. The Balaban J connectivity index is 2.72. The number of methoxy groups -OCH3 is 1. The quantitative estimate of drug-likeness (QED) is 0.656. The van der Waals surface area contributed by atoms with Crippen LogP contribution in [0, 0.1) is 13.8 Å². The van der Waals surface area contributed by atoms with E-state index in [1.165, 1.54) is 6.07 Å². The van der Waals surface area contributed by atoms with Gasteiger partial charge in [-0.1, -0.05) is 6.07 Å². The fraction of sp³-hybridized carbons (Fsp3) is 0.571. The van der Waals surface area contributed by atoms with Gasteiger partial charge in [-0.15, -0.1) is 0 Å². The van der Waals surface area contributed by atoms with Gasteiger partial charge in [-0.05, 0) is 36.6 Å². The van der Waals surface area contributed by atoms with E-state index in [2.05, 4.69) is 4.72 Å². The molecule has 0 spiro atoms. The van der Waals surface area contributed by atoms with E-state index in [0.717, 1.165) is 5.56 Å². The van der Waals surface area contributed by atoms with Crippen molar-refractivity contribution in [1.29, 1.82) is 0 Å². The topological polar surface area (TPSA) is 84.9 Å². The van der Waals surface area contributed by atoms with Gasteiger partial charge in [0.15, 0.2) is 0 Å². The zero-order valence-corrected chi connectivity index (χ0v) is 13.5. The van der Waals surface area contributed by atoms with E-state index in [1.54, 1.807) is 20.1 Å². The number of rotatable bonds is 9. The van der Waals surface area contributed by atoms with Crippen LogP contribution in [0.2, 0.25) is 0 Å². The van der Waals surface area contributed by atoms with Crippen LogP contribution in [0.4, 0.5) is 0 Å². The Labute approximate surface area is 126 Å². The summed E-state index contributed by atoms with van der Waals surface area (Å²) in [5, 5.41) is 9.19. The maximum absolute atomic E-state index is 12.3. The summed E-state index contributed by atoms with van der Waals surface area (Å²) in [4.78, 5) is 0.198. The molecule has 1 aromatic carbocycles. The molecule has 1 rings (SSSR count). The number of nitrogens with one attached hydrogen (secondary N) is 1. The first kappa shape index (κ1) is 18.1. The second kappa shape index (κ2) is 8.45. The Kier molecular flexibility index (Phi) is 7.27. The van der Waals surface area contributed by atoms with E-state index in [0.29, 0.717) is 24.3 Å². The third-order valence-corrected chi connectivity index (χ3v) is 4.71. The summed E-state index contributed by atoms with van der Waals surface area (Å²) in [5.41, 5.74) is 2.09. The lowest BCUT2D eigenvalue weighted by Gasteiger charge is -2.13. The molecule has 0 aliphatic carbocycles. The molecule has 0 heterocycles. The second-order valence-electron chi connectivity index (χ2n) is 4.70. The van der Waals surface area contributed by atoms with E-state index in [-0.39, 0.29) is 24.7 Å². The number of aryl methyl sites for hydroxylation is 1. The highest BCUT2D eigenvalue weighted by molar-refractivity contribution is 7.89. The van der Waals surface area contributed by atoms with Crippen molar-refractivity contribution in [3.8, 4) is 0 Å². The zero-order chi connectivity index (χ0) is 15.9. The molecule has 7 heteroatoms. The van der Waals surface area contributed by atoms with Crippen LogP contribution in [0.1, 0.15) is 16.7 Å². The minimum atomic E-state index is -3.61. The summed E-state index contributed by atoms with van der Waals surface area (Å²) in [6.07, 6.45) is 0. The molecule has 21 heavy (non-hydrogen) atoms. The largest absolute Gasteiger partial charge is 0.392 e. The van der Waals surface area contributed by atoms with Crippen molar-refractivity contribution in [2.24, 2.45) is 0 Å². The molecule has 1 aromatic rings. The number of aliphatic hydroxyl groups is 1. The fourth-order valence-corrected chi connectivity index (χ4v) is 3.22. The van der Waals surface area contributed by atoms with Gasteiger partial charge in [0.2, 0.25) is 10.0 Å². The molecule has 0 bridgehead atoms. The van der Waals surface area contributed by atoms with Crippen LogP contribution in [-0.4, -0.2) is 47.0 Å². The van der Waals surface area contributed by atoms with Gasteiger partial charge >= 0.3 is 0 Å². The summed E-state index contributed by atoms with van der Waals surface area (Å²) in [7, 11) is -2.04. The molecule has 0 saturated heterocycles. The fourth-order valence-electron chi connectivity index (χ4n) is 1.84. The van der Waals surface area contributed by atoms with Gasteiger partial charge < -0.3 is 14.6 Å². The number of benzene rings is 1. The summed E-state index contributed by atoms with van der Waals surface area (Å²) in [5.74, 6) is 0. The van der Waals surface area contributed by atoms with Crippen molar-refractivity contribution in [3.63, 3.8) is 0 Å². The Morgan fingerprint density at radius 3 is 2.52 bits per heavy atom. The lowest BCUT2D eigenvalue weighted by Crippen LogP contribution is -2.28. The normalized spacial score (nSPS) is 11.8. The average molecular weight is 317 g/mol. The number of ether oxygens (including phenoxy) is 2. The number of sulfonamides is 1. The van der Waals surface area contributed by atoms with E-state index in [9.17, 15) is 13.5 Å². The SMILES string of the molecule is COCCOCCNS(=O)(=O)c1cc(CO)cc(C)c1C. The van der Waals surface area contributed by atoms with Crippen LogP contribution in [0.25, 0.3) is 0 Å². The van der Waals surface area contributed by atoms with Crippen LogP contribution < -0.4 is 4.72 Å². The lowest BCUT2D eigenvalue weighted by molar-refractivity contribution is 0.0736. The summed E-state index contributed by atoms with van der Waals surface area (Å²) < 4.78 is 37.1.